The summed E-state index contributed by atoms with van der Waals surface area (Å²) in [6.45, 7) is 0. The maximum absolute atomic E-state index is 5.25. The Bertz CT molecular complexity index is 2470. The van der Waals surface area contributed by atoms with Gasteiger partial charge in [0.05, 0.1) is 16.7 Å². The molecule has 0 radical (unpaired) electrons. The zero-order valence-electron chi connectivity index (χ0n) is 22.3. The molecule has 0 aliphatic carbocycles. The summed E-state index contributed by atoms with van der Waals surface area (Å²) in [6.07, 6.45) is 0. The highest BCUT2D eigenvalue weighted by Crippen LogP contribution is 2.47. The molecular formula is C39H24N2. The Labute approximate surface area is 236 Å². The van der Waals surface area contributed by atoms with E-state index in [-0.39, 0.29) is 0 Å². The maximum atomic E-state index is 5.25. The first-order valence-corrected chi connectivity index (χ1v) is 14.1. The van der Waals surface area contributed by atoms with Gasteiger partial charge in [0.2, 0.25) is 0 Å². The molecule has 2 heterocycles. The van der Waals surface area contributed by atoms with Gasteiger partial charge in [-0.15, -0.1) is 0 Å². The van der Waals surface area contributed by atoms with E-state index in [9.17, 15) is 0 Å². The summed E-state index contributed by atoms with van der Waals surface area (Å²) >= 11 is 0. The lowest BCUT2D eigenvalue weighted by molar-refractivity contribution is 1.09. The highest BCUT2D eigenvalue weighted by molar-refractivity contribution is 6.42. The molecule has 0 bridgehead atoms. The average molecular weight is 521 g/mol. The van der Waals surface area contributed by atoms with Crippen molar-refractivity contribution in [1.82, 2.24) is 9.55 Å². The van der Waals surface area contributed by atoms with Crippen molar-refractivity contribution in [3.05, 3.63) is 146 Å². The second kappa shape index (κ2) is 8.51. The van der Waals surface area contributed by atoms with E-state index in [0.29, 0.717) is 0 Å². The summed E-state index contributed by atoms with van der Waals surface area (Å²) in [5.74, 6) is 0.923. The van der Waals surface area contributed by atoms with Crippen LogP contribution < -0.4 is 0 Å². The second-order valence-electron chi connectivity index (χ2n) is 10.7. The lowest BCUT2D eigenvalue weighted by atomic mass is 9.88. The molecule has 0 aliphatic heterocycles. The van der Waals surface area contributed by atoms with E-state index in [1.54, 1.807) is 0 Å². The smallest absolute Gasteiger partial charge is 0.138 e. The molecule has 41 heavy (non-hydrogen) atoms. The topological polar surface area (TPSA) is 17.8 Å². The number of hydrogen-bond acceptors (Lipinski definition) is 1. The Hall–Kier alpha value is -5.47. The molecular weight excluding hydrogens is 496 g/mol. The van der Waals surface area contributed by atoms with E-state index in [1.807, 2.05) is 6.07 Å². The van der Waals surface area contributed by atoms with Gasteiger partial charge in [-0.3, -0.25) is 4.57 Å². The van der Waals surface area contributed by atoms with Crippen LogP contribution in [0.4, 0.5) is 0 Å². The van der Waals surface area contributed by atoms with Gasteiger partial charge in [-0.2, -0.15) is 0 Å². The highest BCUT2D eigenvalue weighted by Gasteiger charge is 2.22. The number of para-hydroxylation sites is 1. The largest absolute Gasteiger partial charge is 0.293 e. The van der Waals surface area contributed by atoms with Crippen LogP contribution in [0.1, 0.15) is 0 Å². The second-order valence-corrected chi connectivity index (χ2v) is 10.7. The molecule has 190 valence electrons. The molecule has 0 atom stereocenters. The van der Waals surface area contributed by atoms with Gasteiger partial charge in [0.15, 0.2) is 0 Å². The van der Waals surface area contributed by atoms with Crippen LogP contribution in [-0.4, -0.2) is 9.55 Å². The van der Waals surface area contributed by atoms with Crippen LogP contribution in [0.2, 0.25) is 0 Å². The number of aromatic nitrogens is 2. The zero-order chi connectivity index (χ0) is 26.9. The Morgan fingerprint density at radius 3 is 1.61 bits per heavy atom. The van der Waals surface area contributed by atoms with Crippen molar-refractivity contribution < 1.29 is 0 Å². The highest BCUT2D eigenvalue weighted by atomic mass is 15.1. The minimum atomic E-state index is 0.923. The average Bonchev–Trinajstić information content (AvgIpc) is 3.40. The number of fused-ring (bicyclic) bond motifs is 13. The van der Waals surface area contributed by atoms with Crippen LogP contribution in [0.3, 0.4) is 0 Å². The first-order valence-electron chi connectivity index (χ1n) is 14.1. The molecule has 0 unspecified atom stereocenters. The number of benzene rings is 7. The fourth-order valence-electron chi connectivity index (χ4n) is 6.89. The Kier molecular flexibility index (Phi) is 4.64. The predicted octanol–water partition coefficient (Wildman–Crippen LogP) is 10.5. The fourth-order valence-corrected chi connectivity index (χ4v) is 6.89. The Balaban J connectivity index is 1.57. The van der Waals surface area contributed by atoms with Gasteiger partial charge in [-0.05, 0) is 50.5 Å². The van der Waals surface area contributed by atoms with Crippen molar-refractivity contribution in [1.29, 1.82) is 0 Å². The van der Waals surface area contributed by atoms with Crippen molar-refractivity contribution in [2.24, 2.45) is 0 Å². The number of rotatable bonds is 2. The van der Waals surface area contributed by atoms with Gasteiger partial charge in [0.1, 0.15) is 5.82 Å². The zero-order valence-corrected chi connectivity index (χ0v) is 22.3. The van der Waals surface area contributed by atoms with Crippen LogP contribution in [0.25, 0.3) is 82.0 Å². The number of hydrogen-bond donors (Lipinski definition) is 0. The molecule has 9 aromatic rings. The molecule has 2 heteroatoms. The quantitative estimate of drug-likeness (QED) is 0.207. The van der Waals surface area contributed by atoms with Crippen molar-refractivity contribution in [3.63, 3.8) is 0 Å². The van der Waals surface area contributed by atoms with Crippen LogP contribution >= 0.6 is 0 Å². The third-order valence-corrected chi connectivity index (χ3v) is 8.54. The molecule has 0 saturated heterocycles. The van der Waals surface area contributed by atoms with E-state index in [2.05, 4.69) is 144 Å². The van der Waals surface area contributed by atoms with Crippen molar-refractivity contribution >= 4 is 64.9 Å². The molecule has 2 nitrogen and oxygen atoms in total. The van der Waals surface area contributed by atoms with Gasteiger partial charge in [-0.25, -0.2) is 4.98 Å². The molecule has 9 rings (SSSR count). The van der Waals surface area contributed by atoms with Crippen molar-refractivity contribution in [2.75, 3.05) is 0 Å². The van der Waals surface area contributed by atoms with Crippen LogP contribution in [0.15, 0.2) is 146 Å². The summed E-state index contributed by atoms with van der Waals surface area (Å²) in [4.78, 5) is 5.25. The summed E-state index contributed by atoms with van der Waals surface area (Å²) in [5.41, 5.74) is 4.45. The van der Waals surface area contributed by atoms with Gasteiger partial charge >= 0.3 is 0 Å². The molecule has 7 aromatic carbocycles. The lowest BCUT2D eigenvalue weighted by Crippen LogP contribution is -1.99. The van der Waals surface area contributed by atoms with Crippen LogP contribution in [-0.2, 0) is 0 Å². The minimum absolute atomic E-state index is 0.923. The SMILES string of the molecule is c1ccc(-c2cccc(-n3c4ccccc4c4c5c6ccccc6c6ccccc6c5c5ccccc5c43)n2)cc1. The molecule has 0 fully saturated rings. The van der Waals surface area contributed by atoms with E-state index in [1.165, 1.54) is 59.4 Å². The standard InChI is InChI=1S/C39H24N2/c1-2-13-25(14-3-1)33-22-12-24-35(40-33)41-34-23-11-10-21-32(34)38-37-29-18-7-5-16-27(29)26-15-4-6-17-28(26)36(37)30-19-8-9-20-31(30)39(38)41/h1-24H. The van der Waals surface area contributed by atoms with E-state index in [4.69, 9.17) is 4.98 Å². The lowest BCUT2D eigenvalue weighted by Gasteiger charge is -2.16. The first kappa shape index (κ1) is 22.4. The number of nitrogens with zero attached hydrogens (tertiary/aromatic N) is 2. The molecule has 2 aromatic heterocycles. The summed E-state index contributed by atoms with van der Waals surface area (Å²) in [7, 11) is 0. The fraction of sp³-hybridized carbons (Fsp3) is 0. The van der Waals surface area contributed by atoms with E-state index >= 15 is 0 Å². The molecule has 0 spiro atoms. The minimum Gasteiger partial charge on any atom is -0.293 e. The van der Waals surface area contributed by atoms with Gasteiger partial charge in [-0.1, -0.05) is 127 Å². The van der Waals surface area contributed by atoms with Crippen molar-refractivity contribution in [2.45, 2.75) is 0 Å². The molecule has 0 aliphatic rings. The first-order chi connectivity index (χ1) is 20.4. The van der Waals surface area contributed by atoms with Crippen molar-refractivity contribution in [3.8, 4) is 17.1 Å². The third-order valence-electron chi connectivity index (χ3n) is 8.54. The molecule has 0 N–H and O–H groups in total. The summed E-state index contributed by atoms with van der Waals surface area (Å²) < 4.78 is 2.38. The summed E-state index contributed by atoms with van der Waals surface area (Å²) in [6, 6.07) is 52.2. The maximum Gasteiger partial charge on any atom is 0.138 e. The molecule has 0 amide bonds. The Morgan fingerprint density at radius 1 is 0.366 bits per heavy atom. The van der Waals surface area contributed by atoms with E-state index < -0.39 is 0 Å². The number of pyridine rings is 1. The normalized spacial score (nSPS) is 11.9. The third kappa shape index (κ3) is 3.10. The molecule has 0 saturated carbocycles. The van der Waals surface area contributed by atoms with Crippen LogP contribution in [0.5, 0.6) is 0 Å². The van der Waals surface area contributed by atoms with Gasteiger partial charge < -0.3 is 0 Å². The van der Waals surface area contributed by atoms with Gasteiger partial charge in [0.25, 0.3) is 0 Å². The summed E-state index contributed by atoms with van der Waals surface area (Å²) in [5, 5.41) is 12.8. The van der Waals surface area contributed by atoms with E-state index in [0.717, 1.165) is 22.6 Å². The predicted molar refractivity (Wildman–Crippen MR) is 174 cm³/mol. The Morgan fingerprint density at radius 2 is 0.902 bits per heavy atom. The monoisotopic (exact) mass is 520 g/mol. The van der Waals surface area contributed by atoms with Crippen LogP contribution in [0, 0.1) is 0 Å². The van der Waals surface area contributed by atoms with Gasteiger partial charge in [0, 0.05) is 27.1 Å².